The zero-order valence-corrected chi connectivity index (χ0v) is 13.9. The van der Waals surface area contributed by atoms with Crippen LogP contribution in [0.25, 0.3) is 10.9 Å². The molecule has 0 aliphatic heterocycles. The van der Waals surface area contributed by atoms with Crippen molar-refractivity contribution in [2.75, 3.05) is 7.05 Å². The lowest BCUT2D eigenvalue weighted by molar-refractivity contribution is 0.588. The van der Waals surface area contributed by atoms with Crippen molar-refractivity contribution in [2.45, 2.75) is 19.4 Å². The summed E-state index contributed by atoms with van der Waals surface area (Å²) in [5.74, 6) is 0. The van der Waals surface area contributed by atoms with Gasteiger partial charge in [0.15, 0.2) is 0 Å². The average molecular weight is 320 g/mol. The third-order valence-corrected chi connectivity index (χ3v) is 5.65. The number of nitrogens with one attached hydrogen (secondary N) is 1. The van der Waals surface area contributed by atoms with Crippen LogP contribution in [0.5, 0.6) is 0 Å². The Morgan fingerprint density at radius 2 is 2.14 bits per heavy atom. The highest BCUT2D eigenvalue weighted by molar-refractivity contribution is 7.10. The largest absolute Gasteiger partial charge is 0.312 e. The molecular weight excluding hydrogens is 302 g/mol. The molecule has 3 nitrogen and oxygen atoms in total. The normalized spacial score (nSPS) is 13.0. The maximum Gasteiger partial charge on any atom is 0.0722 e. The van der Waals surface area contributed by atoms with E-state index in [2.05, 4.69) is 34.0 Å². The van der Waals surface area contributed by atoms with Crippen LogP contribution >= 0.6 is 22.9 Å². The number of likely N-dealkylation sites (N-methyl/N-ethyl adjacent to an activating group) is 1. The third kappa shape index (κ3) is 2.59. The topological polar surface area (TPSA) is 29.9 Å². The Balaban J connectivity index is 1.98. The van der Waals surface area contributed by atoms with Gasteiger partial charge in [-0.25, -0.2) is 0 Å². The fourth-order valence-electron chi connectivity index (χ4n) is 2.64. The number of hydrogen-bond acceptors (Lipinski definition) is 3. The van der Waals surface area contributed by atoms with Crippen LogP contribution in [0, 0.1) is 6.92 Å². The molecule has 1 atom stereocenters. The van der Waals surface area contributed by atoms with E-state index in [1.165, 1.54) is 10.3 Å². The molecule has 1 aromatic carbocycles. The SMILES string of the molecule is CNC(Cc1nn(C)c2ccccc12)c1scc(C)c1Cl. The van der Waals surface area contributed by atoms with Crippen molar-refractivity contribution in [1.82, 2.24) is 15.1 Å². The molecule has 0 saturated carbocycles. The van der Waals surface area contributed by atoms with Crippen molar-refractivity contribution in [3.63, 3.8) is 0 Å². The number of rotatable bonds is 4. The highest BCUT2D eigenvalue weighted by atomic mass is 35.5. The number of aryl methyl sites for hydroxylation is 2. The molecule has 0 amide bonds. The minimum absolute atomic E-state index is 0.189. The highest BCUT2D eigenvalue weighted by Gasteiger charge is 2.19. The van der Waals surface area contributed by atoms with E-state index in [0.29, 0.717) is 0 Å². The number of benzene rings is 1. The fraction of sp³-hybridized carbons (Fsp3) is 0.312. The lowest BCUT2D eigenvalue weighted by atomic mass is 10.1. The molecule has 0 fully saturated rings. The van der Waals surface area contributed by atoms with Crippen LogP contribution in [-0.4, -0.2) is 16.8 Å². The van der Waals surface area contributed by atoms with Crippen LogP contribution in [0.3, 0.4) is 0 Å². The molecule has 5 heteroatoms. The van der Waals surface area contributed by atoms with Gasteiger partial charge in [0.05, 0.1) is 16.2 Å². The van der Waals surface area contributed by atoms with Gasteiger partial charge in [-0.05, 0) is 31.0 Å². The summed E-state index contributed by atoms with van der Waals surface area (Å²) in [6, 6.07) is 8.52. The molecule has 1 unspecified atom stereocenters. The Kier molecular flexibility index (Phi) is 4.02. The molecule has 2 aromatic heterocycles. The zero-order valence-electron chi connectivity index (χ0n) is 12.4. The van der Waals surface area contributed by atoms with Crippen molar-refractivity contribution in [3.8, 4) is 0 Å². The summed E-state index contributed by atoms with van der Waals surface area (Å²) in [6.45, 7) is 2.05. The first-order chi connectivity index (χ1) is 10.1. The summed E-state index contributed by atoms with van der Waals surface area (Å²) in [7, 11) is 3.96. The van der Waals surface area contributed by atoms with E-state index < -0.39 is 0 Å². The molecule has 0 radical (unpaired) electrons. The number of fused-ring (bicyclic) bond motifs is 1. The quantitative estimate of drug-likeness (QED) is 0.784. The standard InChI is InChI=1S/C16H18ClN3S/c1-10-9-21-16(15(10)17)13(18-2)8-12-11-6-4-5-7-14(11)20(3)19-12/h4-7,9,13,18H,8H2,1-3H3. The molecule has 0 aliphatic rings. The summed E-state index contributed by atoms with van der Waals surface area (Å²) >= 11 is 8.13. The van der Waals surface area contributed by atoms with Gasteiger partial charge in [0.25, 0.3) is 0 Å². The van der Waals surface area contributed by atoms with E-state index in [9.17, 15) is 0 Å². The molecule has 3 rings (SSSR count). The molecular formula is C16H18ClN3S. The maximum absolute atomic E-state index is 6.42. The van der Waals surface area contributed by atoms with Crippen molar-refractivity contribution >= 4 is 33.8 Å². The second-order valence-electron chi connectivity index (χ2n) is 5.23. The van der Waals surface area contributed by atoms with Gasteiger partial charge < -0.3 is 5.32 Å². The average Bonchev–Trinajstić information content (AvgIpc) is 2.99. The molecule has 21 heavy (non-hydrogen) atoms. The van der Waals surface area contributed by atoms with Crippen LogP contribution in [0.1, 0.15) is 22.2 Å². The van der Waals surface area contributed by atoms with E-state index in [1.807, 2.05) is 31.8 Å². The van der Waals surface area contributed by atoms with Gasteiger partial charge in [0, 0.05) is 29.8 Å². The molecule has 0 aliphatic carbocycles. The van der Waals surface area contributed by atoms with Crippen molar-refractivity contribution in [2.24, 2.45) is 7.05 Å². The lowest BCUT2D eigenvalue weighted by Gasteiger charge is -2.14. The lowest BCUT2D eigenvalue weighted by Crippen LogP contribution is -2.18. The Morgan fingerprint density at radius 1 is 1.38 bits per heavy atom. The van der Waals surface area contributed by atoms with Gasteiger partial charge in [-0.2, -0.15) is 5.10 Å². The van der Waals surface area contributed by atoms with Gasteiger partial charge in [-0.1, -0.05) is 29.8 Å². The van der Waals surface area contributed by atoms with E-state index in [0.717, 1.165) is 28.2 Å². The van der Waals surface area contributed by atoms with Crippen molar-refractivity contribution < 1.29 is 0 Å². The van der Waals surface area contributed by atoms with E-state index in [1.54, 1.807) is 11.3 Å². The second-order valence-corrected chi connectivity index (χ2v) is 6.52. The first-order valence-corrected chi connectivity index (χ1v) is 8.19. The summed E-state index contributed by atoms with van der Waals surface area (Å²) in [6.07, 6.45) is 0.831. The van der Waals surface area contributed by atoms with Gasteiger partial charge in [-0.15, -0.1) is 11.3 Å². The highest BCUT2D eigenvalue weighted by Crippen LogP contribution is 2.34. The zero-order chi connectivity index (χ0) is 15.0. The maximum atomic E-state index is 6.42. The van der Waals surface area contributed by atoms with Crippen LogP contribution < -0.4 is 5.32 Å². The number of thiophene rings is 1. The first kappa shape index (κ1) is 14.6. The van der Waals surface area contributed by atoms with Crippen LogP contribution in [0.15, 0.2) is 29.6 Å². The van der Waals surface area contributed by atoms with Gasteiger partial charge in [-0.3, -0.25) is 4.68 Å². The Hall–Kier alpha value is -1.36. The number of halogens is 1. The second kappa shape index (κ2) is 5.79. The Bertz CT molecular complexity index is 775. The van der Waals surface area contributed by atoms with Crippen LogP contribution in [-0.2, 0) is 13.5 Å². The predicted octanol–water partition coefficient (Wildman–Crippen LogP) is 4.10. The monoisotopic (exact) mass is 319 g/mol. The Labute approximate surface area is 133 Å². The van der Waals surface area contributed by atoms with E-state index in [-0.39, 0.29) is 6.04 Å². The van der Waals surface area contributed by atoms with Crippen molar-refractivity contribution in [3.05, 3.63) is 50.8 Å². The molecule has 110 valence electrons. The minimum Gasteiger partial charge on any atom is -0.312 e. The fourth-order valence-corrected chi connectivity index (χ4v) is 4.08. The molecule has 0 spiro atoms. The van der Waals surface area contributed by atoms with Crippen LogP contribution in [0.2, 0.25) is 5.02 Å². The van der Waals surface area contributed by atoms with E-state index in [4.69, 9.17) is 11.6 Å². The van der Waals surface area contributed by atoms with Crippen molar-refractivity contribution in [1.29, 1.82) is 0 Å². The summed E-state index contributed by atoms with van der Waals surface area (Å²) in [5, 5.41) is 12.2. The van der Waals surface area contributed by atoms with Gasteiger partial charge in [0.2, 0.25) is 0 Å². The molecule has 2 heterocycles. The summed E-state index contributed by atoms with van der Waals surface area (Å²) in [5.41, 5.74) is 3.41. The number of nitrogens with zero attached hydrogens (tertiary/aromatic N) is 2. The van der Waals surface area contributed by atoms with E-state index >= 15 is 0 Å². The van der Waals surface area contributed by atoms with Gasteiger partial charge >= 0.3 is 0 Å². The molecule has 0 saturated heterocycles. The number of para-hydroxylation sites is 1. The minimum atomic E-state index is 0.189. The predicted molar refractivity (Wildman–Crippen MR) is 90.3 cm³/mol. The molecule has 0 bridgehead atoms. The Morgan fingerprint density at radius 3 is 2.81 bits per heavy atom. The van der Waals surface area contributed by atoms with Gasteiger partial charge in [0.1, 0.15) is 0 Å². The van der Waals surface area contributed by atoms with Crippen LogP contribution in [0.4, 0.5) is 0 Å². The number of aromatic nitrogens is 2. The smallest absolute Gasteiger partial charge is 0.0722 e. The summed E-state index contributed by atoms with van der Waals surface area (Å²) < 4.78 is 1.94. The first-order valence-electron chi connectivity index (χ1n) is 6.93. The third-order valence-electron chi connectivity index (χ3n) is 3.82. The molecule has 3 aromatic rings. The summed E-state index contributed by atoms with van der Waals surface area (Å²) in [4.78, 5) is 1.19. The molecule has 1 N–H and O–H groups in total. The number of hydrogen-bond donors (Lipinski definition) is 1.